The highest BCUT2D eigenvalue weighted by molar-refractivity contribution is 5.85. The van der Waals surface area contributed by atoms with Gasteiger partial charge < -0.3 is 9.84 Å². The van der Waals surface area contributed by atoms with Crippen LogP contribution in [-0.2, 0) is 6.42 Å². The lowest BCUT2D eigenvalue weighted by Crippen LogP contribution is -2.00. The quantitative estimate of drug-likeness (QED) is 0.890. The first-order chi connectivity index (χ1) is 9.19. The molecule has 0 aliphatic heterocycles. The van der Waals surface area contributed by atoms with E-state index in [0.717, 1.165) is 12.8 Å². The smallest absolute Gasteiger partial charge is 0.354 e. The van der Waals surface area contributed by atoms with E-state index in [1.54, 1.807) is 12.1 Å². The molecule has 0 saturated heterocycles. The fraction of sp³-hybridized carbons (Fsp3) is 0.200. The van der Waals surface area contributed by atoms with Gasteiger partial charge in [-0.15, -0.1) is 0 Å². The van der Waals surface area contributed by atoms with Crippen LogP contribution in [0.4, 0.5) is 0 Å². The van der Waals surface area contributed by atoms with Gasteiger partial charge in [-0.25, -0.2) is 9.78 Å². The van der Waals surface area contributed by atoms with E-state index in [4.69, 9.17) is 9.84 Å². The number of carboxylic acids is 1. The Kier molecular flexibility index (Phi) is 4.13. The summed E-state index contributed by atoms with van der Waals surface area (Å²) in [7, 11) is 0. The summed E-state index contributed by atoms with van der Waals surface area (Å²) in [4.78, 5) is 14.7. The lowest BCUT2D eigenvalue weighted by Gasteiger charge is -2.06. The predicted molar refractivity (Wildman–Crippen MR) is 71.7 cm³/mol. The molecule has 1 aromatic heterocycles. The summed E-state index contributed by atoms with van der Waals surface area (Å²) >= 11 is 0. The molecule has 0 unspecified atom stereocenters. The Bertz CT molecular complexity index is 564. The number of nitrogens with zero attached hydrogens (tertiary/aromatic N) is 1. The SMILES string of the molecule is CCCc1ccc(Oc2cccc(C(=O)O)n2)cc1. The third kappa shape index (κ3) is 3.55. The number of aromatic carboxylic acids is 1. The van der Waals surface area contributed by atoms with Gasteiger partial charge in [0.25, 0.3) is 0 Å². The number of hydrogen-bond donors (Lipinski definition) is 1. The molecule has 98 valence electrons. The number of carbonyl (C=O) groups is 1. The first-order valence-corrected chi connectivity index (χ1v) is 6.16. The van der Waals surface area contributed by atoms with E-state index in [9.17, 15) is 4.79 Å². The van der Waals surface area contributed by atoms with Crippen molar-refractivity contribution in [3.05, 3.63) is 53.7 Å². The van der Waals surface area contributed by atoms with Crippen LogP contribution in [0.15, 0.2) is 42.5 Å². The van der Waals surface area contributed by atoms with E-state index in [-0.39, 0.29) is 11.6 Å². The lowest BCUT2D eigenvalue weighted by atomic mass is 10.1. The van der Waals surface area contributed by atoms with Gasteiger partial charge in [-0.05, 0) is 30.2 Å². The van der Waals surface area contributed by atoms with Crippen LogP contribution in [0.1, 0.15) is 29.4 Å². The van der Waals surface area contributed by atoms with Crippen molar-refractivity contribution in [3.63, 3.8) is 0 Å². The van der Waals surface area contributed by atoms with Crippen LogP contribution in [0.2, 0.25) is 0 Å². The maximum atomic E-state index is 10.8. The molecule has 0 aliphatic rings. The van der Waals surface area contributed by atoms with Crippen molar-refractivity contribution in [1.82, 2.24) is 4.98 Å². The molecule has 19 heavy (non-hydrogen) atoms. The molecule has 1 heterocycles. The Morgan fingerprint density at radius 2 is 1.95 bits per heavy atom. The van der Waals surface area contributed by atoms with Crippen LogP contribution in [0.25, 0.3) is 0 Å². The highest BCUT2D eigenvalue weighted by atomic mass is 16.5. The third-order valence-electron chi connectivity index (χ3n) is 2.63. The van der Waals surface area contributed by atoms with Crippen LogP contribution >= 0.6 is 0 Å². The molecule has 0 bridgehead atoms. The minimum absolute atomic E-state index is 0.0277. The van der Waals surface area contributed by atoms with Crippen molar-refractivity contribution in [3.8, 4) is 11.6 Å². The van der Waals surface area contributed by atoms with Gasteiger partial charge in [0, 0.05) is 6.07 Å². The van der Waals surface area contributed by atoms with Crippen molar-refractivity contribution in [1.29, 1.82) is 0 Å². The standard InChI is InChI=1S/C15H15NO3/c1-2-4-11-7-9-12(10-8-11)19-14-6-3-5-13(16-14)15(17)18/h3,5-10H,2,4H2,1H3,(H,17,18). The summed E-state index contributed by atoms with van der Waals surface area (Å²) in [6.07, 6.45) is 2.13. The van der Waals surface area contributed by atoms with Crippen molar-refractivity contribution < 1.29 is 14.6 Å². The largest absolute Gasteiger partial charge is 0.477 e. The number of benzene rings is 1. The number of rotatable bonds is 5. The molecule has 0 fully saturated rings. The van der Waals surface area contributed by atoms with Gasteiger partial charge in [-0.2, -0.15) is 0 Å². The highest BCUT2D eigenvalue weighted by Gasteiger charge is 2.06. The van der Waals surface area contributed by atoms with Crippen molar-refractivity contribution in [2.45, 2.75) is 19.8 Å². The molecule has 0 amide bonds. The fourth-order valence-corrected chi connectivity index (χ4v) is 1.72. The first kappa shape index (κ1) is 13.1. The van der Waals surface area contributed by atoms with Crippen LogP contribution in [0.3, 0.4) is 0 Å². The van der Waals surface area contributed by atoms with Crippen LogP contribution in [-0.4, -0.2) is 16.1 Å². The zero-order valence-electron chi connectivity index (χ0n) is 10.7. The van der Waals surface area contributed by atoms with Gasteiger partial charge in [0.15, 0.2) is 5.69 Å². The average molecular weight is 257 g/mol. The zero-order chi connectivity index (χ0) is 13.7. The molecule has 2 aromatic rings. The van der Waals surface area contributed by atoms with Crippen molar-refractivity contribution in [2.75, 3.05) is 0 Å². The topological polar surface area (TPSA) is 59.4 Å². The number of hydrogen-bond acceptors (Lipinski definition) is 3. The number of carboxylic acid groups (broad SMARTS) is 1. The molecule has 0 radical (unpaired) electrons. The van der Waals surface area contributed by atoms with E-state index in [1.807, 2.05) is 24.3 Å². The minimum atomic E-state index is -1.07. The summed E-state index contributed by atoms with van der Waals surface area (Å²) in [6, 6.07) is 12.4. The number of aromatic nitrogens is 1. The molecule has 1 N–H and O–H groups in total. The molecule has 0 saturated carbocycles. The number of pyridine rings is 1. The molecule has 0 aliphatic carbocycles. The first-order valence-electron chi connectivity index (χ1n) is 6.16. The van der Waals surface area contributed by atoms with Gasteiger partial charge >= 0.3 is 5.97 Å². The fourth-order valence-electron chi connectivity index (χ4n) is 1.72. The van der Waals surface area contributed by atoms with E-state index in [2.05, 4.69) is 11.9 Å². The molecule has 4 heteroatoms. The molecule has 1 aromatic carbocycles. The van der Waals surface area contributed by atoms with E-state index < -0.39 is 5.97 Å². The second-order valence-corrected chi connectivity index (χ2v) is 4.16. The van der Waals surface area contributed by atoms with Gasteiger partial charge in [-0.3, -0.25) is 0 Å². The molecule has 4 nitrogen and oxygen atoms in total. The molecule has 0 spiro atoms. The van der Waals surface area contributed by atoms with Crippen LogP contribution in [0.5, 0.6) is 11.6 Å². The summed E-state index contributed by atoms with van der Waals surface area (Å²) in [5, 5.41) is 8.85. The lowest BCUT2D eigenvalue weighted by molar-refractivity contribution is 0.0689. The summed E-state index contributed by atoms with van der Waals surface area (Å²) in [5.74, 6) is -0.137. The predicted octanol–water partition coefficient (Wildman–Crippen LogP) is 3.52. The Balaban J connectivity index is 2.12. The zero-order valence-corrected chi connectivity index (χ0v) is 10.7. The van der Waals surface area contributed by atoms with Crippen LogP contribution < -0.4 is 4.74 Å². The Hall–Kier alpha value is -2.36. The monoisotopic (exact) mass is 257 g/mol. The Morgan fingerprint density at radius 1 is 1.21 bits per heavy atom. The summed E-state index contributed by atoms with van der Waals surface area (Å²) in [6.45, 7) is 2.13. The Morgan fingerprint density at radius 3 is 2.58 bits per heavy atom. The molecular weight excluding hydrogens is 242 g/mol. The Labute approximate surface area is 111 Å². The summed E-state index contributed by atoms with van der Waals surface area (Å²) in [5.41, 5.74) is 1.22. The maximum absolute atomic E-state index is 10.8. The van der Waals surface area contributed by atoms with Gasteiger partial charge in [0.1, 0.15) is 5.75 Å². The van der Waals surface area contributed by atoms with Crippen LogP contribution in [0, 0.1) is 0 Å². The molecule has 0 atom stereocenters. The highest BCUT2D eigenvalue weighted by Crippen LogP contribution is 2.20. The summed E-state index contributed by atoms with van der Waals surface area (Å²) < 4.78 is 5.53. The second kappa shape index (κ2) is 6.00. The number of ether oxygens (including phenoxy) is 1. The molecular formula is C15H15NO3. The van der Waals surface area contributed by atoms with E-state index in [1.165, 1.54) is 11.6 Å². The third-order valence-corrected chi connectivity index (χ3v) is 2.63. The van der Waals surface area contributed by atoms with E-state index >= 15 is 0 Å². The minimum Gasteiger partial charge on any atom is -0.477 e. The second-order valence-electron chi connectivity index (χ2n) is 4.16. The normalized spacial score (nSPS) is 10.2. The van der Waals surface area contributed by atoms with Gasteiger partial charge in [-0.1, -0.05) is 31.5 Å². The van der Waals surface area contributed by atoms with Gasteiger partial charge in [0.05, 0.1) is 0 Å². The van der Waals surface area contributed by atoms with Crippen molar-refractivity contribution in [2.24, 2.45) is 0 Å². The van der Waals surface area contributed by atoms with E-state index in [0.29, 0.717) is 5.75 Å². The van der Waals surface area contributed by atoms with Gasteiger partial charge in [0.2, 0.25) is 5.88 Å². The maximum Gasteiger partial charge on any atom is 0.354 e. The van der Waals surface area contributed by atoms with Crippen molar-refractivity contribution >= 4 is 5.97 Å². The average Bonchev–Trinajstić information content (AvgIpc) is 2.42. The number of aryl methyl sites for hydroxylation is 1. The molecule has 2 rings (SSSR count).